The molecule has 1 saturated heterocycles. The second kappa shape index (κ2) is 10.9. The molecule has 0 aliphatic carbocycles. The predicted octanol–water partition coefficient (Wildman–Crippen LogP) is 7.68. The number of piperidine rings is 1. The standard InChI is InChI=1S/C32H33BrN4O/c1-36-18-5-4-6-25(36)10-9-23-21-31-24(20-29(23)33)15-19-37(31)32(38)35-30-12-11-26(22-13-16-34-17-14-22)27-7-2-3-8-28(27)30/h2-3,7-8,11-14,16-17,20-21,25H,4-6,9-10,15,18-19H2,1H3,(H,35,38). The third-order valence-corrected chi connectivity index (χ3v) is 8.95. The molecule has 0 radical (unpaired) electrons. The summed E-state index contributed by atoms with van der Waals surface area (Å²) in [6.07, 6.45) is 10.6. The van der Waals surface area contributed by atoms with Crippen molar-refractivity contribution in [3.8, 4) is 11.1 Å². The number of likely N-dealkylation sites (tertiary alicyclic amines) is 1. The van der Waals surface area contributed by atoms with Gasteiger partial charge in [0.15, 0.2) is 0 Å². The predicted molar refractivity (Wildman–Crippen MR) is 160 cm³/mol. The number of aromatic nitrogens is 1. The smallest absolute Gasteiger partial charge is 0.307 e. The summed E-state index contributed by atoms with van der Waals surface area (Å²) < 4.78 is 1.16. The molecular formula is C32H33BrN4O. The molecule has 4 aromatic rings. The number of aryl methyl sites for hydroxylation is 1. The van der Waals surface area contributed by atoms with Gasteiger partial charge in [-0.2, -0.15) is 0 Å². The van der Waals surface area contributed by atoms with Gasteiger partial charge in [0.05, 0.1) is 5.69 Å². The zero-order chi connectivity index (χ0) is 26.1. The Hall–Kier alpha value is -3.22. The minimum atomic E-state index is -0.0779. The van der Waals surface area contributed by atoms with Gasteiger partial charge in [0, 0.05) is 40.5 Å². The van der Waals surface area contributed by atoms with E-state index in [1.54, 1.807) is 0 Å². The number of carbonyl (C=O) groups excluding carboxylic acids is 1. The van der Waals surface area contributed by atoms with Crippen molar-refractivity contribution in [3.05, 3.63) is 88.7 Å². The van der Waals surface area contributed by atoms with Crippen LogP contribution in [0.5, 0.6) is 0 Å². The summed E-state index contributed by atoms with van der Waals surface area (Å²) in [5, 5.41) is 5.37. The van der Waals surface area contributed by atoms with E-state index in [-0.39, 0.29) is 6.03 Å². The largest absolute Gasteiger partial charge is 0.326 e. The fraction of sp³-hybridized carbons (Fsp3) is 0.312. The highest BCUT2D eigenvalue weighted by atomic mass is 79.9. The Balaban J connectivity index is 1.24. The van der Waals surface area contributed by atoms with E-state index in [1.807, 2.05) is 47.6 Å². The number of carbonyl (C=O) groups is 1. The molecule has 0 saturated carbocycles. The minimum absolute atomic E-state index is 0.0779. The number of benzene rings is 3. The van der Waals surface area contributed by atoms with Crippen LogP contribution in [0.25, 0.3) is 21.9 Å². The Morgan fingerprint density at radius 3 is 2.66 bits per heavy atom. The molecule has 1 fully saturated rings. The second-order valence-electron chi connectivity index (χ2n) is 10.5. The van der Waals surface area contributed by atoms with Gasteiger partial charge in [0.2, 0.25) is 0 Å². The molecule has 0 spiro atoms. The van der Waals surface area contributed by atoms with E-state index in [2.05, 4.69) is 68.5 Å². The van der Waals surface area contributed by atoms with Gasteiger partial charge in [-0.3, -0.25) is 9.88 Å². The van der Waals surface area contributed by atoms with Crippen LogP contribution in [0.2, 0.25) is 0 Å². The molecule has 1 unspecified atom stereocenters. The Labute approximate surface area is 233 Å². The van der Waals surface area contributed by atoms with Crippen LogP contribution in [0.15, 0.2) is 77.5 Å². The van der Waals surface area contributed by atoms with Gasteiger partial charge in [-0.05, 0) is 104 Å². The average molecular weight is 570 g/mol. The highest BCUT2D eigenvalue weighted by Crippen LogP contribution is 2.37. The summed E-state index contributed by atoms with van der Waals surface area (Å²) >= 11 is 3.82. The molecular weight excluding hydrogens is 536 g/mol. The molecule has 1 aromatic heterocycles. The van der Waals surface area contributed by atoms with Crippen molar-refractivity contribution in [1.29, 1.82) is 0 Å². The van der Waals surface area contributed by atoms with Crippen LogP contribution in [-0.2, 0) is 12.8 Å². The van der Waals surface area contributed by atoms with Crippen LogP contribution in [0.4, 0.5) is 16.2 Å². The van der Waals surface area contributed by atoms with Crippen molar-refractivity contribution in [2.24, 2.45) is 0 Å². The molecule has 1 atom stereocenters. The van der Waals surface area contributed by atoms with Gasteiger partial charge in [-0.25, -0.2) is 4.79 Å². The SMILES string of the molecule is CN1CCCCC1CCc1cc2c(cc1Br)CCN2C(=O)Nc1ccc(-c2ccncc2)c2ccccc12. The monoisotopic (exact) mass is 568 g/mol. The molecule has 2 aliphatic rings. The summed E-state index contributed by atoms with van der Waals surface area (Å²) in [7, 11) is 2.25. The number of hydrogen-bond acceptors (Lipinski definition) is 3. The number of urea groups is 1. The molecule has 3 aromatic carbocycles. The summed E-state index contributed by atoms with van der Waals surface area (Å²) in [5.41, 5.74) is 6.62. The molecule has 6 heteroatoms. The number of halogens is 1. The van der Waals surface area contributed by atoms with E-state index in [0.29, 0.717) is 12.6 Å². The van der Waals surface area contributed by atoms with E-state index >= 15 is 0 Å². The van der Waals surface area contributed by atoms with Crippen molar-refractivity contribution >= 4 is 44.1 Å². The first-order chi connectivity index (χ1) is 18.6. The molecule has 194 valence electrons. The summed E-state index contributed by atoms with van der Waals surface area (Å²) in [6, 6.07) is 21.4. The van der Waals surface area contributed by atoms with E-state index in [1.165, 1.54) is 36.9 Å². The molecule has 5 nitrogen and oxygen atoms in total. The van der Waals surface area contributed by atoms with Crippen LogP contribution >= 0.6 is 15.9 Å². The maximum Gasteiger partial charge on any atom is 0.326 e. The first-order valence-electron chi connectivity index (χ1n) is 13.6. The van der Waals surface area contributed by atoms with Crippen LogP contribution < -0.4 is 10.2 Å². The number of rotatable bonds is 5. The summed E-state index contributed by atoms with van der Waals surface area (Å²) in [5.74, 6) is 0. The average Bonchev–Trinajstić information content (AvgIpc) is 3.36. The lowest BCUT2D eigenvalue weighted by molar-refractivity contribution is 0.176. The lowest BCUT2D eigenvalue weighted by atomic mass is 9.96. The molecule has 2 aliphatic heterocycles. The zero-order valence-corrected chi connectivity index (χ0v) is 23.4. The summed E-state index contributed by atoms with van der Waals surface area (Å²) in [6.45, 7) is 1.89. The third kappa shape index (κ3) is 4.95. The van der Waals surface area contributed by atoms with Gasteiger partial charge in [-0.1, -0.05) is 52.7 Å². The van der Waals surface area contributed by atoms with Gasteiger partial charge in [0.1, 0.15) is 0 Å². The van der Waals surface area contributed by atoms with Gasteiger partial charge in [-0.15, -0.1) is 0 Å². The lowest BCUT2D eigenvalue weighted by Gasteiger charge is -2.32. The number of nitrogens with one attached hydrogen (secondary N) is 1. The first kappa shape index (κ1) is 25.1. The first-order valence-corrected chi connectivity index (χ1v) is 14.4. The van der Waals surface area contributed by atoms with Crippen molar-refractivity contribution in [2.75, 3.05) is 30.4 Å². The van der Waals surface area contributed by atoms with Crippen LogP contribution in [0, 0.1) is 0 Å². The maximum atomic E-state index is 13.6. The molecule has 6 rings (SSSR count). The van der Waals surface area contributed by atoms with Crippen molar-refractivity contribution in [1.82, 2.24) is 9.88 Å². The molecule has 3 heterocycles. The molecule has 1 N–H and O–H groups in total. The number of fused-ring (bicyclic) bond motifs is 2. The fourth-order valence-corrected chi connectivity index (χ4v) is 6.65. The van der Waals surface area contributed by atoms with Crippen molar-refractivity contribution in [2.45, 2.75) is 44.6 Å². The van der Waals surface area contributed by atoms with E-state index in [9.17, 15) is 4.79 Å². The Morgan fingerprint density at radius 1 is 1.03 bits per heavy atom. The second-order valence-corrected chi connectivity index (χ2v) is 11.4. The van der Waals surface area contributed by atoms with E-state index in [4.69, 9.17) is 0 Å². The molecule has 0 bridgehead atoms. The van der Waals surface area contributed by atoms with Crippen molar-refractivity contribution in [3.63, 3.8) is 0 Å². The van der Waals surface area contributed by atoms with Crippen molar-refractivity contribution < 1.29 is 4.79 Å². The minimum Gasteiger partial charge on any atom is -0.307 e. The third-order valence-electron chi connectivity index (χ3n) is 8.21. The van der Waals surface area contributed by atoms with Gasteiger partial charge >= 0.3 is 6.03 Å². The highest BCUT2D eigenvalue weighted by Gasteiger charge is 2.27. The maximum absolute atomic E-state index is 13.6. The van der Waals surface area contributed by atoms with Crippen LogP contribution in [-0.4, -0.2) is 42.1 Å². The number of hydrogen-bond donors (Lipinski definition) is 1. The normalized spacial score (nSPS) is 17.5. The Morgan fingerprint density at radius 2 is 1.84 bits per heavy atom. The lowest BCUT2D eigenvalue weighted by Crippen LogP contribution is -2.36. The van der Waals surface area contributed by atoms with Gasteiger partial charge < -0.3 is 10.2 Å². The highest BCUT2D eigenvalue weighted by molar-refractivity contribution is 9.10. The van der Waals surface area contributed by atoms with Crippen LogP contribution in [0.3, 0.4) is 0 Å². The van der Waals surface area contributed by atoms with Gasteiger partial charge in [0.25, 0.3) is 0 Å². The Bertz CT molecular complexity index is 1470. The zero-order valence-electron chi connectivity index (χ0n) is 21.8. The topological polar surface area (TPSA) is 48.5 Å². The van der Waals surface area contributed by atoms with Crippen LogP contribution in [0.1, 0.15) is 36.8 Å². The fourth-order valence-electron chi connectivity index (χ4n) is 6.06. The van der Waals surface area contributed by atoms with E-state index < -0.39 is 0 Å². The molecule has 38 heavy (non-hydrogen) atoms. The summed E-state index contributed by atoms with van der Waals surface area (Å²) in [4.78, 5) is 22.2. The number of nitrogens with zero attached hydrogens (tertiary/aromatic N) is 3. The number of anilines is 2. The number of pyridine rings is 1. The van der Waals surface area contributed by atoms with E-state index in [0.717, 1.165) is 57.0 Å². The Kier molecular flexibility index (Phi) is 7.18. The quantitative estimate of drug-likeness (QED) is 0.268. The number of amides is 2. The molecule has 2 amide bonds.